The summed E-state index contributed by atoms with van der Waals surface area (Å²) in [4.78, 5) is 0. The van der Waals surface area contributed by atoms with Crippen molar-refractivity contribution in [2.45, 2.75) is 26.2 Å². The third-order valence-electron chi connectivity index (χ3n) is 3.55. The molecular formula is C16H17NO. The van der Waals surface area contributed by atoms with E-state index in [0.717, 1.165) is 22.7 Å². The van der Waals surface area contributed by atoms with E-state index in [0.29, 0.717) is 0 Å². The molecule has 2 nitrogen and oxygen atoms in total. The van der Waals surface area contributed by atoms with Crippen LogP contribution >= 0.6 is 0 Å². The van der Waals surface area contributed by atoms with E-state index in [4.69, 9.17) is 10.5 Å². The third kappa shape index (κ3) is 2.06. The zero-order chi connectivity index (χ0) is 12.5. The summed E-state index contributed by atoms with van der Waals surface area (Å²) in [7, 11) is 0. The molecule has 92 valence electrons. The molecule has 0 radical (unpaired) electrons. The fraction of sp³-hybridized carbons (Fsp3) is 0.250. The first kappa shape index (κ1) is 11.1. The standard InChI is InChI=1S/C16H17NO/c1-11-9-14(7-8-16(11)17)18-15-6-5-12-3-2-4-13(12)10-15/h5-10H,2-4,17H2,1H3. The van der Waals surface area contributed by atoms with Crippen molar-refractivity contribution in [1.82, 2.24) is 0 Å². The van der Waals surface area contributed by atoms with Crippen LogP contribution in [0.5, 0.6) is 11.5 Å². The van der Waals surface area contributed by atoms with Gasteiger partial charge in [0.1, 0.15) is 11.5 Å². The summed E-state index contributed by atoms with van der Waals surface area (Å²) in [5, 5.41) is 0. The lowest BCUT2D eigenvalue weighted by atomic mass is 10.1. The van der Waals surface area contributed by atoms with Gasteiger partial charge in [0.15, 0.2) is 0 Å². The maximum absolute atomic E-state index is 5.88. The van der Waals surface area contributed by atoms with Crippen LogP contribution in [0.1, 0.15) is 23.1 Å². The molecule has 0 aromatic heterocycles. The summed E-state index contributed by atoms with van der Waals surface area (Å²) in [5.74, 6) is 1.76. The molecule has 2 aromatic rings. The number of ether oxygens (including phenoxy) is 1. The predicted octanol–water partition coefficient (Wildman–Crippen LogP) is 3.86. The highest BCUT2D eigenvalue weighted by molar-refractivity contribution is 5.50. The molecule has 0 saturated carbocycles. The van der Waals surface area contributed by atoms with Crippen molar-refractivity contribution in [1.29, 1.82) is 0 Å². The van der Waals surface area contributed by atoms with E-state index in [-0.39, 0.29) is 0 Å². The van der Waals surface area contributed by atoms with Crippen molar-refractivity contribution in [2.75, 3.05) is 5.73 Å². The monoisotopic (exact) mass is 239 g/mol. The van der Waals surface area contributed by atoms with Gasteiger partial charge in [-0.15, -0.1) is 0 Å². The van der Waals surface area contributed by atoms with Gasteiger partial charge in [-0.3, -0.25) is 0 Å². The molecule has 0 saturated heterocycles. The third-order valence-corrected chi connectivity index (χ3v) is 3.55. The zero-order valence-corrected chi connectivity index (χ0v) is 10.6. The van der Waals surface area contributed by atoms with Gasteiger partial charge in [0, 0.05) is 5.69 Å². The Morgan fingerprint density at radius 1 is 0.944 bits per heavy atom. The van der Waals surface area contributed by atoms with Crippen molar-refractivity contribution in [3.8, 4) is 11.5 Å². The average Bonchev–Trinajstić information content (AvgIpc) is 2.81. The number of nitrogens with two attached hydrogens (primary N) is 1. The molecule has 0 amide bonds. The summed E-state index contributed by atoms with van der Waals surface area (Å²) in [6.45, 7) is 1.99. The highest BCUT2D eigenvalue weighted by atomic mass is 16.5. The molecule has 0 aliphatic heterocycles. The van der Waals surface area contributed by atoms with Gasteiger partial charge < -0.3 is 10.5 Å². The minimum Gasteiger partial charge on any atom is -0.457 e. The first-order valence-electron chi connectivity index (χ1n) is 6.38. The molecule has 0 bridgehead atoms. The van der Waals surface area contributed by atoms with Crippen LogP contribution in [0.25, 0.3) is 0 Å². The minimum absolute atomic E-state index is 0.802. The van der Waals surface area contributed by atoms with Crippen LogP contribution in [-0.2, 0) is 12.8 Å². The van der Waals surface area contributed by atoms with Crippen LogP contribution in [0.15, 0.2) is 36.4 Å². The summed E-state index contributed by atoms with van der Waals surface area (Å²) < 4.78 is 5.88. The van der Waals surface area contributed by atoms with Crippen LogP contribution in [0, 0.1) is 6.92 Å². The molecule has 2 aromatic carbocycles. The molecule has 0 heterocycles. The highest BCUT2D eigenvalue weighted by Crippen LogP contribution is 2.29. The van der Waals surface area contributed by atoms with Crippen LogP contribution in [0.3, 0.4) is 0 Å². The van der Waals surface area contributed by atoms with E-state index in [1.807, 2.05) is 25.1 Å². The van der Waals surface area contributed by atoms with Crippen LogP contribution in [0.4, 0.5) is 5.69 Å². The van der Waals surface area contributed by atoms with E-state index in [1.54, 1.807) is 0 Å². The second-order valence-corrected chi connectivity index (χ2v) is 4.90. The lowest BCUT2D eigenvalue weighted by Gasteiger charge is -2.09. The summed E-state index contributed by atoms with van der Waals surface area (Å²) >= 11 is 0. The van der Waals surface area contributed by atoms with Crippen molar-refractivity contribution in [2.24, 2.45) is 0 Å². The Labute approximate surface area is 107 Å². The topological polar surface area (TPSA) is 35.2 Å². The molecule has 0 atom stereocenters. The van der Waals surface area contributed by atoms with Gasteiger partial charge in [0.25, 0.3) is 0 Å². The Bertz CT molecular complexity index is 590. The maximum atomic E-state index is 5.88. The van der Waals surface area contributed by atoms with Crippen molar-refractivity contribution < 1.29 is 4.74 Å². The SMILES string of the molecule is Cc1cc(Oc2ccc3c(c2)CCC3)ccc1N. The largest absolute Gasteiger partial charge is 0.457 e. The van der Waals surface area contributed by atoms with E-state index < -0.39 is 0 Å². The van der Waals surface area contributed by atoms with Gasteiger partial charge in [0.2, 0.25) is 0 Å². The molecule has 0 unspecified atom stereocenters. The van der Waals surface area contributed by atoms with E-state index in [2.05, 4.69) is 18.2 Å². The molecule has 0 spiro atoms. The van der Waals surface area contributed by atoms with Gasteiger partial charge in [-0.05, 0) is 73.2 Å². The quantitative estimate of drug-likeness (QED) is 0.808. The lowest BCUT2D eigenvalue weighted by Crippen LogP contribution is -1.91. The molecule has 0 fully saturated rings. The summed E-state index contributed by atoms with van der Waals surface area (Å²) in [5.41, 5.74) is 10.6. The number of anilines is 1. The Kier molecular flexibility index (Phi) is 2.71. The normalized spacial score (nSPS) is 13.4. The molecule has 2 N–H and O–H groups in total. The average molecular weight is 239 g/mol. The fourth-order valence-electron chi connectivity index (χ4n) is 2.46. The molecule has 1 aliphatic carbocycles. The summed E-state index contributed by atoms with van der Waals surface area (Å²) in [6.07, 6.45) is 3.64. The maximum Gasteiger partial charge on any atom is 0.127 e. The molecule has 3 rings (SSSR count). The highest BCUT2D eigenvalue weighted by Gasteiger charge is 2.11. The first-order chi connectivity index (χ1) is 8.72. The zero-order valence-electron chi connectivity index (χ0n) is 10.6. The van der Waals surface area contributed by atoms with Crippen LogP contribution in [0.2, 0.25) is 0 Å². The van der Waals surface area contributed by atoms with Crippen molar-refractivity contribution >= 4 is 5.69 Å². The number of fused-ring (bicyclic) bond motifs is 1. The smallest absolute Gasteiger partial charge is 0.127 e. The number of hydrogen-bond acceptors (Lipinski definition) is 2. The molecule has 2 heteroatoms. The number of hydrogen-bond donors (Lipinski definition) is 1. The number of nitrogen functional groups attached to an aromatic ring is 1. The molecule has 1 aliphatic rings. The second kappa shape index (κ2) is 4.37. The first-order valence-corrected chi connectivity index (χ1v) is 6.38. The van der Waals surface area contributed by atoms with Crippen molar-refractivity contribution in [3.63, 3.8) is 0 Å². The fourth-order valence-corrected chi connectivity index (χ4v) is 2.46. The van der Waals surface area contributed by atoms with Gasteiger partial charge in [-0.1, -0.05) is 6.07 Å². The Morgan fingerprint density at radius 2 is 1.67 bits per heavy atom. The minimum atomic E-state index is 0.802. The van der Waals surface area contributed by atoms with Crippen molar-refractivity contribution in [3.05, 3.63) is 53.1 Å². The molecule has 18 heavy (non-hydrogen) atoms. The summed E-state index contributed by atoms with van der Waals surface area (Å²) in [6, 6.07) is 12.2. The Hall–Kier alpha value is -1.96. The predicted molar refractivity (Wildman–Crippen MR) is 74.1 cm³/mol. The number of aryl methyl sites for hydroxylation is 3. The van der Waals surface area contributed by atoms with E-state index in [9.17, 15) is 0 Å². The Morgan fingerprint density at radius 3 is 2.50 bits per heavy atom. The molecular weight excluding hydrogens is 222 g/mol. The number of benzene rings is 2. The van der Waals surface area contributed by atoms with Crippen LogP contribution in [-0.4, -0.2) is 0 Å². The van der Waals surface area contributed by atoms with Crippen LogP contribution < -0.4 is 10.5 Å². The Balaban J connectivity index is 1.85. The van der Waals surface area contributed by atoms with E-state index >= 15 is 0 Å². The van der Waals surface area contributed by atoms with Gasteiger partial charge in [-0.25, -0.2) is 0 Å². The van der Waals surface area contributed by atoms with E-state index in [1.165, 1.54) is 30.4 Å². The van der Waals surface area contributed by atoms with Gasteiger partial charge in [-0.2, -0.15) is 0 Å². The van der Waals surface area contributed by atoms with Gasteiger partial charge in [0.05, 0.1) is 0 Å². The van der Waals surface area contributed by atoms with Gasteiger partial charge >= 0.3 is 0 Å². The lowest BCUT2D eigenvalue weighted by molar-refractivity contribution is 0.482. The number of rotatable bonds is 2. The second-order valence-electron chi connectivity index (χ2n) is 4.90.